The molecule has 2 aromatic rings. The molecule has 0 saturated carbocycles. The molecule has 4 heteroatoms. The number of carbonyl (C=O) groups is 1. The number of methoxy groups -OCH3 is 1. The topological polar surface area (TPSA) is 46.5 Å². The Kier molecular flexibility index (Phi) is 5.33. The average Bonchev–Trinajstić information content (AvgIpc) is 2.39. The Morgan fingerprint density at radius 3 is 2.33 bits per heavy atom. The normalized spacial score (nSPS) is 9.39. The molecule has 0 spiro atoms. The van der Waals surface area contributed by atoms with Crippen molar-refractivity contribution in [2.24, 2.45) is 0 Å². The van der Waals surface area contributed by atoms with E-state index in [1.165, 1.54) is 13.2 Å². The molecule has 0 aliphatic carbocycles. The molecule has 0 saturated heterocycles. The molecule has 1 N–H and O–H groups in total. The van der Waals surface area contributed by atoms with Gasteiger partial charge in [-0.25, -0.2) is 0 Å². The maximum absolute atomic E-state index is 12.1. The number of aromatic hydroxyl groups is 1. The number of hydrogen-bond donors (Lipinski definition) is 1. The number of phenols is 1. The summed E-state index contributed by atoms with van der Waals surface area (Å²) in [6.07, 6.45) is 0. The number of carbonyl (C=O) groups excluding carboxylic acids is 1. The summed E-state index contributed by atoms with van der Waals surface area (Å²) in [5, 5.41) is 9.75. The first-order chi connectivity index (χ1) is 8.22. The molecule has 0 aromatic heterocycles. The molecule has 0 aliphatic heterocycles. The van der Waals surface area contributed by atoms with E-state index in [4.69, 9.17) is 4.74 Å². The Balaban J connectivity index is 0.00000162. The van der Waals surface area contributed by atoms with E-state index >= 15 is 0 Å². The van der Waals surface area contributed by atoms with Crippen molar-refractivity contribution >= 4 is 33.1 Å². The molecule has 0 fully saturated rings. The zero-order valence-corrected chi connectivity index (χ0v) is 13.8. The summed E-state index contributed by atoms with van der Waals surface area (Å²) in [4.78, 5) is 12.1. The molecule has 2 aromatic carbocycles. The minimum absolute atomic E-state index is 0. The van der Waals surface area contributed by atoms with Crippen LogP contribution in [0.25, 0.3) is 0 Å². The second-order valence-corrected chi connectivity index (χ2v) is 3.58. The van der Waals surface area contributed by atoms with E-state index < -0.39 is 0 Å². The summed E-state index contributed by atoms with van der Waals surface area (Å²) in [6, 6.07) is 13.5. The first kappa shape index (κ1) is 14.7. The van der Waals surface area contributed by atoms with E-state index in [1.54, 1.807) is 36.4 Å². The van der Waals surface area contributed by atoms with Gasteiger partial charge in [-0.05, 0) is 12.1 Å². The van der Waals surface area contributed by atoms with Crippen LogP contribution in [0.2, 0.25) is 0 Å². The summed E-state index contributed by atoms with van der Waals surface area (Å²) in [5.41, 5.74) is 0.824. The van der Waals surface area contributed by atoms with Crippen molar-refractivity contribution in [2.75, 3.05) is 7.11 Å². The maximum atomic E-state index is 12.1. The monoisotopic (exact) mass is 436 g/mol. The van der Waals surface area contributed by atoms with Gasteiger partial charge in [0.05, 0.1) is 12.7 Å². The van der Waals surface area contributed by atoms with Crippen LogP contribution in [-0.2, 0) is 0 Å². The molecule has 0 amide bonds. The molecule has 0 atom stereocenters. The Labute approximate surface area is 126 Å². The second-order valence-electron chi connectivity index (χ2n) is 3.58. The SMILES string of the molecule is COc1ccc(C(=O)c2ccccc2)c(O)c1.[Pb]. The largest absolute Gasteiger partial charge is 0.507 e. The Hall–Kier alpha value is -1.37. The van der Waals surface area contributed by atoms with Crippen molar-refractivity contribution in [3.05, 3.63) is 59.7 Å². The summed E-state index contributed by atoms with van der Waals surface area (Å²) in [5.74, 6) is 0.246. The third kappa shape index (κ3) is 3.10. The molecule has 2 rings (SSSR count). The molecule has 0 unspecified atom stereocenters. The quantitative estimate of drug-likeness (QED) is 0.594. The van der Waals surface area contributed by atoms with Gasteiger partial charge in [-0.15, -0.1) is 0 Å². The maximum Gasteiger partial charge on any atom is 0.196 e. The smallest absolute Gasteiger partial charge is 0.196 e. The Bertz CT molecular complexity index is 538. The van der Waals surface area contributed by atoms with E-state index in [9.17, 15) is 9.90 Å². The fourth-order valence-corrected chi connectivity index (χ4v) is 1.58. The van der Waals surface area contributed by atoms with Gasteiger partial charge in [0.1, 0.15) is 11.5 Å². The van der Waals surface area contributed by atoms with Gasteiger partial charge in [0.15, 0.2) is 5.78 Å². The summed E-state index contributed by atoms with van der Waals surface area (Å²) >= 11 is 0. The summed E-state index contributed by atoms with van der Waals surface area (Å²) in [6.45, 7) is 0. The second kappa shape index (κ2) is 6.53. The van der Waals surface area contributed by atoms with Crippen LogP contribution >= 0.6 is 0 Å². The zero-order valence-electron chi connectivity index (χ0n) is 9.88. The van der Waals surface area contributed by atoms with Crippen molar-refractivity contribution in [3.8, 4) is 11.5 Å². The molecule has 0 heterocycles. The van der Waals surface area contributed by atoms with Gasteiger partial charge in [0.2, 0.25) is 0 Å². The molecular formula is C14H12O3Pb. The number of phenolic OH excluding ortho intramolecular Hbond substituents is 1. The molecule has 0 aliphatic rings. The van der Waals surface area contributed by atoms with Crippen LogP contribution in [0.4, 0.5) is 0 Å². The molecule has 4 radical (unpaired) electrons. The first-order valence-corrected chi connectivity index (χ1v) is 5.19. The predicted octanol–water partition coefficient (Wildman–Crippen LogP) is 2.25. The molecule has 18 heavy (non-hydrogen) atoms. The van der Waals surface area contributed by atoms with E-state index in [2.05, 4.69) is 0 Å². The minimum Gasteiger partial charge on any atom is -0.507 e. The third-order valence-electron chi connectivity index (χ3n) is 2.49. The number of hydrogen-bond acceptors (Lipinski definition) is 3. The van der Waals surface area contributed by atoms with Gasteiger partial charge < -0.3 is 9.84 Å². The fourth-order valence-electron chi connectivity index (χ4n) is 1.58. The van der Waals surface area contributed by atoms with Gasteiger partial charge >= 0.3 is 0 Å². The number of ether oxygens (including phenoxy) is 1. The van der Waals surface area contributed by atoms with Crippen LogP contribution < -0.4 is 4.74 Å². The van der Waals surface area contributed by atoms with E-state index in [-0.39, 0.29) is 44.4 Å². The van der Waals surface area contributed by atoms with E-state index in [0.717, 1.165) is 0 Å². The van der Waals surface area contributed by atoms with E-state index in [0.29, 0.717) is 11.3 Å². The Morgan fingerprint density at radius 1 is 1.11 bits per heavy atom. The summed E-state index contributed by atoms with van der Waals surface area (Å²) in [7, 11) is 1.51. The number of benzene rings is 2. The molecule has 90 valence electrons. The van der Waals surface area contributed by atoms with Crippen LogP contribution in [-0.4, -0.2) is 45.3 Å². The zero-order chi connectivity index (χ0) is 12.3. The van der Waals surface area contributed by atoms with Crippen LogP contribution in [0.5, 0.6) is 11.5 Å². The van der Waals surface area contributed by atoms with Gasteiger partial charge in [-0.1, -0.05) is 30.3 Å². The van der Waals surface area contributed by atoms with Crippen molar-refractivity contribution in [2.45, 2.75) is 0 Å². The van der Waals surface area contributed by atoms with Gasteiger partial charge in [-0.2, -0.15) is 0 Å². The predicted molar refractivity (Wildman–Crippen MR) is 70.3 cm³/mol. The van der Waals surface area contributed by atoms with Crippen molar-refractivity contribution in [1.29, 1.82) is 0 Å². The standard InChI is InChI=1S/C14H12O3.Pb/c1-17-11-7-8-12(13(15)9-11)14(16)10-5-3-2-4-6-10;/h2-9,15H,1H3;. The van der Waals surface area contributed by atoms with Crippen molar-refractivity contribution in [3.63, 3.8) is 0 Å². The summed E-state index contributed by atoms with van der Waals surface area (Å²) < 4.78 is 4.96. The number of rotatable bonds is 3. The fraction of sp³-hybridized carbons (Fsp3) is 0.0714. The van der Waals surface area contributed by atoms with Crippen LogP contribution in [0.15, 0.2) is 48.5 Å². The van der Waals surface area contributed by atoms with Crippen molar-refractivity contribution < 1.29 is 14.6 Å². The van der Waals surface area contributed by atoms with Crippen molar-refractivity contribution in [1.82, 2.24) is 0 Å². The van der Waals surface area contributed by atoms with Gasteiger partial charge in [0.25, 0.3) is 0 Å². The number of ketones is 1. The molecule has 0 bridgehead atoms. The minimum atomic E-state index is -0.203. The van der Waals surface area contributed by atoms with E-state index in [1.807, 2.05) is 6.07 Å². The van der Waals surface area contributed by atoms with Crippen LogP contribution in [0, 0.1) is 0 Å². The van der Waals surface area contributed by atoms with Gasteiger partial charge in [0, 0.05) is 38.9 Å². The first-order valence-electron chi connectivity index (χ1n) is 5.19. The Morgan fingerprint density at radius 2 is 1.78 bits per heavy atom. The third-order valence-corrected chi connectivity index (χ3v) is 2.49. The molecular weight excluding hydrogens is 423 g/mol. The molecule has 3 nitrogen and oxygen atoms in total. The van der Waals surface area contributed by atoms with Crippen LogP contribution in [0.3, 0.4) is 0 Å². The average molecular weight is 435 g/mol. The van der Waals surface area contributed by atoms with Crippen LogP contribution in [0.1, 0.15) is 15.9 Å². The van der Waals surface area contributed by atoms with Gasteiger partial charge in [-0.3, -0.25) is 4.79 Å².